The standard InChI is InChI=1S/C14H20N2O2S/c17-19(18)9-6-13(11-19)16-8-7-15-10-14(16)12-4-2-1-3-5-12/h1-5,13-15H,6-11H2. The summed E-state index contributed by atoms with van der Waals surface area (Å²) in [5.74, 6) is 0.680. The first-order valence-corrected chi connectivity index (χ1v) is 8.70. The molecule has 0 aliphatic carbocycles. The molecule has 2 atom stereocenters. The molecule has 5 heteroatoms. The number of nitrogens with one attached hydrogen (secondary N) is 1. The number of nitrogens with zero attached hydrogens (tertiary/aromatic N) is 1. The monoisotopic (exact) mass is 280 g/mol. The third-order valence-corrected chi connectivity index (χ3v) is 5.90. The minimum Gasteiger partial charge on any atom is -0.314 e. The van der Waals surface area contributed by atoms with Crippen molar-refractivity contribution >= 4 is 9.84 Å². The Bertz CT molecular complexity index is 530. The highest BCUT2D eigenvalue weighted by Crippen LogP contribution is 2.28. The van der Waals surface area contributed by atoms with Gasteiger partial charge < -0.3 is 5.32 Å². The lowest BCUT2D eigenvalue weighted by molar-refractivity contribution is 0.118. The van der Waals surface area contributed by atoms with E-state index in [1.165, 1.54) is 5.56 Å². The molecule has 1 aromatic rings. The molecule has 3 rings (SSSR count). The van der Waals surface area contributed by atoms with Gasteiger partial charge in [0.15, 0.2) is 9.84 Å². The van der Waals surface area contributed by atoms with Gasteiger partial charge in [-0.15, -0.1) is 0 Å². The van der Waals surface area contributed by atoms with E-state index in [0.717, 1.165) is 26.1 Å². The van der Waals surface area contributed by atoms with E-state index >= 15 is 0 Å². The van der Waals surface area contributed by atoms with Crippen molar-refractivity contribution in [3.8, 4) is 0 Å². The molecule has 2 heterocycles. The lowest BCUT2D eigenvalue weighted by Crippen LogP contribution is -2.50. The molecule has 0 radical (unpaired) electrons. The van der Waals surface area contributed by atoms with Crippen molar-refractivity contribution < 1.29 is 8.42 Å². The smallest absolute Gasteiger partial charge is 0.151 e. The number of piperazine rings is 1. The Morgan fingerprint density at radius 2 is 2.00 bits per heavy atom. The molecule has 1 N–H and O–H groups in total. The van der Waals surface area contributed by atoms with Crippen LogP contribution in [0.2, 0.25) is 0 Å². The summed E-state index contributed by atoms with van der Waals surface area (Å²) in [6, 6.07) is 10.9. The largest absolute Gasteiger partial charge is 0.314 e. The first-order chi connectivity index (χ1) is 9.16. The summed E-state index contributed by atoms with van der Waals surface area (Å²) >= 11 is 0. The molecule has 1 aromatic carbocycles. The van der Waals surface area contributed by atoms with Crippen LogP contribution in [0.15, 0.2) is 30.3 Å². The first kappa shape index (κ1) is 13.1. The maximum absolute atomic E-state index is 11.7. The van der Waals surface area contributed by atoms with Crippen LogP contribution in [-0.4, -0.2) is 50.5 Å². The summed E-state index contributed by atoms with van der Waals surface area (Å²) in [7, 11) is -2.81. The van der Waals surface area contributed by atoms with Gasteiger partial charge in [-0.25, -0.2) is 8.42 Å². The summed E-state index contributed by atoms with van der Waals surface area (Å²) in [5, 5.41) is 3.42. The highest BCUT2D eigenvalue weighted by molar-refractivity contribution is 7.91. The summed E-state index contributed by atoms with van der Waals surface area (Å²) in [6.07, 6.45) is 0.783. The van der Waals surface area contributed by atoms with Crippen LogP contribution < -0.4 is 5.32 Å². The molecule has 2 aliphatic rings. The Labute approximate surface area is 114 Å². The van der Waals surface area contributed by atoms with E-state index in [4.69, 9.17) is 0 Å². The van der Waals surface area contributed by atoms with Gasteiger partial charge in [0.2, 0.25) is 0 Å². The molecule has 0 bridgehead atoms. The third-order valence-electron chi connectivity index (χ3n) is 4.15. The Morgan fingerprint density at radius 1 is 1.21 bits per heavy atom. The van der Waals surface area contributed by atoms with Crippen molar-refractivity contribution in [3.63, 3.8) is 0 Å². The Balaban J connectivity index is 1.82. The Kier molecular flexibility index (Phi) is 3.60. The fourth-order valence-corrected chi connectivity index (χ4v) is 4.92. The molecule has 0 saturated carbocycles. The Hall–Kier alpha value is -0.910. The zero-order chi connectivity index (χ0) is 13.3. The van der Waals surface area contributed by atoms with E-state index in [-0.39, 0.29) is 6.04 Å². The average Bonchev–Trinajstić information content (AvgIpc) is 2.80. The molecule has 0 spiro atoms. The van der Waals surface area contributed by atoms with Crippen LogP contribution in [0, 0.1) is 0 Å². The second kappa shape index (κ2) is 5.23. The van der Waals surface area contributed by atoms with Crippen molar-refractivity contribution in [1.29, 1.82) is 0 Å². The van der Waals surface area contributed by atoms with Crippen molar-refractivity contribution in [2.75, 3.05) is 31.1 Å². The van der Waals surface area contributed by atoms with E-state index in [9.17, 15) is 8.42 Å². The van der Waals surface area contributed by atoms with Gasteiger partial charge >= 0.3 is 0 Å². The summed E-state index contributed by atoms with van der Waals surface area (Å²) in [6.45, 7) is 2.78. The highest BCUT2D eigenvalue weighted by atomic mass is 32.2. The average molecular weight is 280 g/mol. The molecule has 0 aromatic heterocycles. The second-order valence-electron chi connectivity index (χ2n) is 5.43. The minimum absolute atomic E-state index is 0.192. The molecule has 0 amide bonds. The molecule has 104 valence electrons. The molecule has 2 saturated heterocycles. The number of sulfone groups is 1. The second-order valence-corrected chi connectivity index (χ2v) is 7.65. The van der Waals surface area contributed by atoms with Crippen LogP contribution in [0.3, 0.4) is 0 Å². The number of rotatable bonds is 2. The van der Waals surface area contributed by atoms with Crippen LogP contribution in [0.1, 0.15) is 18.0 Å². The van der Waals surface area contributed by atoms with E-state index in [0.29, 0.717) is 17.5 Å². The lowest BCUT2D eigenvalue weighted by Gasteiger charge is -2.40. The summed E-state index contributed by atoms with van der Waals surface area (Å²) in [5.41, 5.74) is 1.28. The number of benzene rings is 1. The lowest BCUT2D eigenvalue weighted by atomic mass is 10.0. The van der Waals surface area contributed by atoms with Crippen LogP contribution in [0.4, 0.5) is 0 Å². The van der Waals surface area contributed by atoms with Gasteiger partial charge in [0.1, 0.15) is 0 Å². The van der Waals surface area contributed by atoms with Gasteiger partial charge in [0.05, 0.1) is 11.5 Å². The van der Waals surface area contributed by atoms with Gasteiger partial charge in [0, 0.05) is 31.7 Å². The van der Waals surface area contributed by atoms with Crippen LogP contribution in [0.25, 0.3) is 0 Å². The fraction of sp³-hybridized carbons (Fsp3) is 0.571. The highest BCUT2D eigenvalue weighted by Gasteiger charge is 2.36. The molecule has 2 aliphatic heterocycles. The molecular weight excluding hydrogens is 260 g/mol. The topological polar surface area (TPSA) is 49.4 Å². The van der Waals surface area contributed by atoms with Gasteiger partial charge in [-0.3, -0.25) is 4.90 Å². The van der Waals surface area contributed by atoms with Gasteiger partial charge in [-0.2, -0.15) is 0 Å². The zero-order valence-electron chi connectivity index (χ0n) is 11.0. The van der Waals surface area contributed by atoms with Crippen molar-refractivity contribution in [1.82, 2.24) is 10.2 Å². The zero-order valence-corrected chi connectivity index (χ0v) is 11.8. The summed E-state index contributed by atoms with van der Waals surface area (Å²) in [4.78, 5) is 2.39. The molecule has 19 heavy (non-hydrogen) atoms. The van der Waals surface area contributed by atoms with Gasteiger partial charge in [0.25, 0.3) is 0 Å². The number of hydrogen-bond donors (Lipinski definition) is 1. The molecule has 4 nitrogen and oxygen atoms in total. The van der Waals surface area contributed by atoms with E-state index < -0.39 is 9.84 Å². The SMILES string of the molecule is O=S1(=O)CCC(N2CCNCC2c2ccccc2)C1. The van der Waals surface area contributed by atoms with Crippen molar-refractivity contribution in [3.05, 3.63) is 35.9 Å². The van der Waals surface area contributed by atoms with Gasteiger partial charge in [-0.1, -0.05) is 30.3 Å². The van der Waals surface area contributed by atoms with Crippen molar-refractivity contribution in [2.24, 2.45) is 0 Å². The third kappa shape index (κ3) is 2.83. The fourth-order valence-electron chi connectivity index (χ4n) is 3.18. The predicted octanol–water partition coefficient (Wildman–Crippen LogP) is 0.820. The summed E-state index contributed by atoms with van der Waals surface area (Å²) < 4.78 is 23.4. The molecule has 2 fully saturated rings. The normalized spacial score (nSPS) is 31.4. The molecule has 2 unspecified atom stereocenters. The van der Waals surface area contributed by atoms with E-state index in [2.05, 4.69) is 22.3 Å². The first-order valence-electron chi connectivity index (χ1n) is 6.87. The van der Waals surface area contributed by atoms with Crippen LogP contribution >= 0.6 is 0 Å². The molecular formula is C14H20N2O2S. The Morgan fingerprint density at radius 3 is 2.68 bits per heavy atom. The van der Waals surface area contributed by atoms with E-state index in [1.807, 2.05) is 18.2 Å². The maximum atomic E-state index is 11.7. The van der Waals surface area contributed by atoms with Crippen LogP contribution in [-0.2, 0) is 9.84 Å². The van der Waals surface area contributed by atoms with E-state index in [1.54, 1.807) is 0 Å². The quantitative estimate of drug-likeness (QED) is 0.871. The predicted molar refractivity (Wildman–Crippen MR) is 75.8 cm³/mol. The number of hydrogen-bond acceptors (Lipinski definition) is 4. The maximum Gasteiger partial charge on any atom is 0.151 e. The van der Waals surface area contributed by atoms with Crippen LogP contribution in [0.5, 0.6) is 0 Å². The van der Waals surface area contributed by atoms with Gasteiger partial charge in [-0.05, 0) is 12.0 Å². The minimum atomic E-state index is -2.81. The van der Waals surface area contributed by atoms with Crippen molar-refractivity contribution in [2.45, 2.75) is 18.5 Å².